The van der Waals surface area contributed by atoms with Crippen molar-refractivity contribution in [1.82, 2.24) is 0 Å². The van der Waals surface area contributed by atoms with Crippen LogP contribution in [0.5, 0.6) is 34.5 Å². The van der Waals surface area contributed by atoms with Gasteiger partial charge in [0.15, 0.2) is 47.7 Å². The van der Waals surface area contributed by atoms with E-state index in [9.17, 15) is 20.4 Å². The molecule has 6 bridgehead atoms. The van der Waals surface area contributed by atoms with E-state index in [4.69, 9.17) is 28.7 Å². The number of oxime groups is 3. The predicted molar refractivity (Wildman–Crippen MR) is 170 cm³/mol. The second-order valence-corrected chi connectivity index (χ2v) is 9.55. The molecule has 3 aromatic rings. The summed E-state index contributed by atoms with van der Waals surface area (Å²) >= 11 is 0. The van der Waals surface area contributed by atoms with Crippen molar-refractivity contribution in [2.45, 2.75) is 12.8 Å². The number of nitrogens with zero attached hydrogens (tertiary/aromatic N) is 4. The number of hydrogen-bond acceptors (Lipinski definition) is 14. The Kier molecular flexibility index (Phi) is 12.2. The van der Waals surface area contributed by atoms with Crippen LogP contribution in [0.4, 0.5) is 0 Å². The van der Waals surface area contributed by atoms with E-state index in [1.54, 1.807) is 24.3 Å². The van der Waals surface area contributed by atoms with Gasteiger partial charge >= 0.3 is 0 Å². The third kappa shape index (κ3) is 9.12. The van der Waals surface area contributed by atoms with E-state index < -0.39 is 11.5 Å². The average Bonchev–Trinajstić information content (AvgIpc) is 3.06. The van der Waals surface area contributed by atoms with Crippen LogP contribution < -0.4 is 9.47 Å². The van der Waals surface area contributed by atoms with Crippen LogP contribution in [0.1, 0.15) is 33.4 Å². The van der Waals surface area contributed by atoms with E-state index in [1.807, 2.05) is 12.2 Å². The van der Waals surface area contributed by atoms with E-state index in [0.29, 0.717) is 29.7 Å². The van der Waals surface area contributed by atoms with Crippen molar-refractivity contribution in [3.05, 3.63) is 81.9 Å². The fourth-order valence-electron chi connectivity index (χ4n) is 4.13. The zero-order chi connectivity index (χ0) is 32.7. The molecular formula is C32H34N4O10. The van der Waals surface area contributed by atoms with Crippen molar-refractivity contribution in [1.29, 1.82) is 0 Å². The Morgan fingerprint density at radius 1 is 0.587 bits per heavy atom. The molecule has 242 valence electrons. The molecule has 0 aliphatic carbocycles. The normalized spacial score (nSPS) is 16.0. The maximum absolute atomic E-state index is 10.6. The van der Waals surface area contributed by atoms with Crippen molar-refractivity contribution in [2.75, 3.05) is 41.0 Å². The molecule has 5 rings (SSSR count). The van der Waals surface area contributed by atoms with Gasteiger partial charge in [-0.15, -0.1) is 0 Å². The van der Waals surface area contributed by atoms with E-state index in [0.717, 1.165) is 11.1 Å². The van der Waals surface area contributed by atoms with Crippen molar-refractivity contribution >= 4 is 24.9 Å². The van der Waals surface area contributed by atoms with Crippen molar-refractivity contribution in [3.63, 3.8) is 0 Å². The molecule has 2 aliphatic rings. The number of allylic oxidation sites excluding steroid dienone is 2. The average molecular weight is 635 g/mol. The Morgan fingerprint density at radius 2 is 1.07 bits per heavy atom. The van der Waals surface area contributed by atoms with Gasteiger partial charge < -0.3 is 49.1 Å². The lowest BCUT2D eigenvalue weighted by atomic mass is 10.0. The lowest BCUT2D eigenvalue weighted by molar-refractivity contribution is -0.0487. The lowest BCUT2D eigenvalue weighted by Crippen LogP contribution is -1.99. The highest BCUT2D eigenvalue weighted by atomic mass is 16.7. The van der Waals surface area contributed by atoms with Gasteiger partial charge in [-0.25, -0.2) is 0 Å². The van der Waals surface area contributed by atoms with Crippen LogP contribution in [0.15, 0.2) is 69.0 Å². The van der Waals surface area contributed by atoms with Crippen LogP contribution in [-0.4, -0.2) is 86.2 Å². The molecule has 4 N–H and O–H groups in total. The summed E-state index contributed by atoms with van der Waals surface area (Å²) in [5.41, 5.74) is 2.95. The highest BCUT2D eigenvalue weighted by molar-refractivity contribution is 5.91. The summed E-state index contributed by atoms with van der Waals surface area (Å²) in [5.74, 6) is -0.428. The molecule has 0 unspecified atom stereocenters. The monoisotopic (exact) mass is 634 g/mol. The number of aromatic hydroxyl groups is 4. The number of phenolic OH excluding ortho intramolecular Hbond substituents is 4. The fourth-order valence-corrected chi connectivity index (χ4v) is 4.13. The molecule has 14 nitrogen and oxygen atoms in total. The Morgan fingerprint density at radius 3 is 1.59 bits per heavy atom. The van der Waals surface area contributed by atoms with Gasteiger partial charge in [0.25, 0.3) is 0 Å². The van der Waals surface area contributed by atoms with Crippen LogP contribution in [0.25, 0.3) is 0 Å². The van der Waals surface area contributed by atoms with E-state index in [1.165, 1.54) is 51.2 Å². The Balaban J connectivity index is 1.54. The second-order valence-electron chi connectivity index (χ2n) is 9.55. The number of hydrogen-bond donors (Lipinski definition) is 4. The molecule has 0 saturated carbocycles. The van der Waals surface area contributed by atoms with Crippen molar-refractivity contribution in [2.24, 2.45) is 20.5 Å². The third-order valence-corrected chi connectivity index (χ3v) is 6.45. The molecular weight excluding hydrogens is 600 g/mol. The summed E-state index contributed by atoms with van der Waals surface area (Å²) < 4.78 is 15.9. The van der Waals surface area contributed by atoms with Gasteiger partial charge in [-0.2, -0.15) is 0 Å². The number of methoxy groups -OCH3 is 2. The Labute approximate surface area is 264 Å². The van der Waals surface area contributed by atoms with E-state index >= 15 is 0 Å². The van der Waals surface area contributed by atoms with Crippen LogP contribution >= 0.6 is 0 Å². The summed E-state index contributed by atoms with van der Waals surface area (Å²) in [6.07, 6.45) is 10.3. The predicted octanol–water partition coefficient (Wildman–Crippen LogP) is 3.98. The van der Waals surface area contributed by atoms with Crippen molar-refractivity contribution < 1.29 is 49.1 Å². The highest BCUT2D eigenvalue weighted by Gasteiger charge is 2.12. The maximum atomic E-state index is 10.6. The van der Waals surface area contributed by atoms with Crippen molar-refractivity contribution in [3.8, 4) is 34.5 Å². The van der Waals surface area contributed by atoms with E-state index in [2.05, 4.69) is 20.5 Å². The van der Waals surface area contributed by atoms with Crippen LogP contribution in [0, 0.1) is 0 Å². The van der Waals surface area contributed by atoms with Crippen LogP contribution in [-0.2, 0) is 32.1 Å². The Bertz CT molecular complexity index is 1520. The fraction of sp³-hybridized carbons (Fsp3) is 0.250. The first-order valence-corrected chi connectivity index (χ1v) is 13.9. The number of benzene rings is 3. The third-order valence-electron chi connectivity index (χ3n) is 6.45. The minimum Gasteiger partial charge on any atom is -0.504 e. The van der Waals surface area contributed by atoms with Crippen LogP contribution in [0.3, 0.4) is 0 Å². The Hall–Kier alpha value is -5.76. The molecule has 0 aromatic heterocycles. The summed E-state index contributed by atoms with van der Waals surface area (Å²) in [4.78, 5) is 19.5. The quantitative estimate of drug-likeness (QED) is 0.237. The first-order chi connectivity index (χ1) is 22.4. The number of ether oxygens (including phenoxy) is 3. The molecule has 0 fully saturated rings. The first-order valence-electron chi connectivity index (χ1n) is 13.9. The van der Waals surface area contributed by atoms with E-state index in [-0.39, 0.29) is 55.1 Å². The standard InChI is InChI=1S/C32H34N4O10/c1-41-27-13-21-5-3-4-6-22-12-26(30(38)28(14-22)42-2)18-35-45-10-9-44-34-16-23-7-8-24(32(40)31(23)39)17-36-46-20-43-19-33-15-25(11-21)29(27)37/h3-4,7-8,11-18,37-40H,5-6,9-10,19-20H2,1-2H3/b4-3-,33-15?,34-16-,35-18?,36-17?. The maximum Gasteiger partial charge on any atom is 0.218 e. The smallest absolute Gasteiger partial charge is 0.218 e. The number of rotatable bonds is 2. The summed E-state index contributed by atoms with van der Waals surface area (Å²) in [6, 6.07) is 10.0. The van der Waals surface area contributed by atoms with Gasteiger partial charge in [-0.3, -0.25) is 4.99 Å². The van der Waals surface area contributed by atoms with Gasteiger partial charge in [0, 0.05) is 28.5 Å². The molecule has 0 atom stereocenters. The summed E-state index contributed by atoms with van der Waals surface area (Å²) in [7, 11) is 2.93. The molecule has 46 heavy (non-hydrogen) atoms. The van der Waals surface area contributed by atoms with Gasteiger partial charge in [0.05, 0.1) is 32.9 Å². The molecule has 14 heteroatoms. The molecule has 0 spiro atoms. The lowest BCUT2D eigenvalue weighted by Gasteiger charge is -2.10. The first kappa shape index (κ1) is 33.1. The topological polar surface area (TPSA) is 186 Å². The summed E-state index contributed by atoms with van der Waals surface area (Å²) in [6.45, 7) is -0.255. The number of aliphatic imine (C=N–C) groups is 1. The highest BCUT2D eigenvalue weighted by Crippen LogP contribution is 2.33. The SMILES string of the molecule is COc1cc2cc(c1O)C=NCOCON=Cc1ccc(c(O)c1O)/C=N\OCCON=Cc1cc(cc(OC)c1O)C/C=C\C2. The zero-order valence-corrected chi connectivity index (χ0v) is 25.2. The minimum atomic E-state index is -0.434. The molecule has 0 amide bonds. The minimum absolute atomic E-state index is 0.0323. The van der Waals surface area contributed by atoms with Crippen LogP contribution in [0.2, 0.25) is 0 Å². The number of fused-ring (bicyclic) bond motifs is 14. The zero-order valence-electron chi connectivity index (χ0n) is 25.2. The molecule has 0 saturated heterocycles. The second kappa shape index (κ2) is 16.9. The van der Waals surface area contributed by atoms with Gasteiger partial charge in [-0.05, 0) is 60.4 Å². The number of phenols is 4. The van der Waals surface area contributed by atoms with Gasteiger partial charge in [0.2, 0.25) is 6.79 Å². The molecule has 2 heterocycles. The largest absolute Gasteiger partial charge is 0.504 e. The molecule has 0 radical (unpaired) electrons. The van der Waals surface area contributed by atoms with Gasteiger partial charge in [-0.1, -0.05) is 27.6 Å². The van der Waals surface area contributed by atoms with Gasteiger partial charge in [0.1, 0.15) is 6.73 Å². The molecule has 3 aromatic carbocycles. The summed E-state index contributed by atoms with van der Waals surface area (Å²) in [5, 5.41) is 53.1. The molecule has 2 aliphatic heterocycles.